The van der Waals surface area contributed by atoms with Crippen molar-refractivity contribution in [2.75, 3.05) is 13.1 Å². The van der Waals surface area contributed by atoms with Gasteiger partial charge in [0.25, 0.3) is 5.91 Å². The zero-order valence-corrected chi connectivity index (χ0v) is 19.5. The standard InChI is InChI=1S/C26H25ClN2O2S/c1-17-4-2-3-5-21(17)25-22-13-15-32-23(22)12-14-28(25)24(30)16-29(20-10-11-20)26(31)18-6-8-19(27)9-7-18/h2-9,13,15,20,25H,10-12,14,16H2,1H3/t25-/m1/s1. The lowest BCUT2D eigenvalue weighted by Gasteiger charge is -2.38. The number of aryl methyl sites for hydroxylation is 1. The zero-order valence-electron chi connectivity index (χ0n) is 18.0. The summed E-state index contributed by atoms with van der Waals surface area (Å²) in [5.74, 6) is -0.0949. The van der Waals surface area contributed by atoms with E-state index in [1.165, 1.54) is 16.0 Å². The molecule has 0 spiro atoms. The quantitative estimate of drug-likeness (QED) is 0.501. The molecule has 1 saturated carbocycles. The number of carbonyl (C=O) groups excluding carboxylic acids is 2. The van der Waals surface area contributed by atoms with Gasteiger partial charge in [-0.3, -0.25) is 9.59 Å². The predicted molar refractivity (Wildman–Crippen MR) is 128 cm³/mol. The molecule has 2 heterocycles. The minimum atomic E-state index is -0.106. The number of halogens is 1. The maximum Gasteiger partial charge on any atom is 0.254 e. The third-order valence-electron chi connectivity index (χ3n) is 6.41. The van der Waals surface area contributed by atoms with Crippen LogP contribution in [0.2, 0.25) is 5.02 Å². The molecule has 0 bridgehead atoms. The number of nitrogens with zero attached hydrogens (tertiary/aromatic N) is 2. The molecule has 2 amide bonds. The number of fused-ring (bicyclic) bond motifs is 1. The molecule has 1 aliphatic carbocycles. The molecule has 1 atom stereocenters. The van der Waals surface area contributed by atoms with Crippen LogP contribution in [0.15, 0.2) is 60.0 Å². The summed E-state index contributed by atoms with van der Waals surface area (Å²) in [6, 6.07) is 17.4. The predicted octanol–water partition coefficient (Wildman–Crippen LogP) is 5.49. The van der Waals surface area contributed by atoms with E-state index in [-0.39, 0.29) is 30.4 Å². The van der Waals surface area contributed by atoms with Crippen molar-refractivity contribution in [2.45, 2.75) is 38.3 Å². The Hall–Kier alpha value is -2.63. The largest absolute Gasteiger partial charge is 0.330 e. The molecule has 1 aliphatic heterocycles. The van der Waals surface area contributed by atoms with Gasteiger partial charge in [0.05, 0.1) is 6.04 Å². The fourth-order valence-corrected chi connectivity index (χ4v) is 5.59. The summed E-state index contributed by atoms with van der Waals surface area (Å²) in [5.41, 5.74) is 4.11. The van der Waals surface area contributed by atoms with E-state index in [0.717, 1.165) is 24.8 Å². The first-order valence-electron chi connectivity index (χ1n) is 11.0. The van der Waals surface area contributed by atoms with Crippen LogP contribution in [0.5, 0.6) is 0 Å². The van der Waals surface area contributed by atoms with E-state index in [4.69, 9.17) is 11.6 Å². The highest BCUT2D eigenvalue weighted by Crippen LogP contribution is 2.39. The van der Waals surface area contributed by atoms with Crippen LogP contribution >= 0.6 is 22.9 Å². The van der Waals surface area contributed by atoms with E-state index in [1.807, 2.05) is 17.0 Å². The molecule has 0 N–H and O–H groups in total. The van der Waals surface area contributed by atoms with Gasteiger partial charge < -0.3 is 9.80 Å². The maximum atomic E-state index is 13.7. The normalized spacial score (nSPS) is 17.7. The molecule has 1 fully saturated rings. The second-order valence-electron chi connectivity index (χ2n) is 8.57. The summed E-state index contributed by atoms with van der Waals surface area (Å²) >= 11 is 7.75. The SMILES string of the molecule is Cc1ccccc1[C@@H]1c2ccsc2CCN1C(=O)CN(C(=O)c1ccc(Cl)cc1)C1CC1. The molecule has 0 saturated heterocycles. The number of rotatable bonds is 5. The van der Waals surface area contributed by atoms with Crippen molar-refractivity contribution >= 4 is 34.8 Å². The van der Waals surface area contributed by atoms with Gasteiger partial charge in [0, 0.05) is 28.0 Å². The number of carbonyl (C=O) groups is 2. The number of hydrogen-bond acceptors (Lipinski definition) is 3. The Morgan fingerprint density at radius 2 is 1.81 bits per heavy atom. The first-order chi connectivity index (χ1) is 15.5. The van der Waals surface area contributed by atoms with Crippen molar-refractivity contribution in [3.05, 3.63) is 92.1 Å². The minimum absolute atomic E-state index is 0.00400. The number of amides is 2. The monoisotopic (exact) mass is 464 g/mol. The second kappa shape index (κ2) is 8.72. The third kappa shape index (κ3) is 4.07. The van der Waals surface area contributed by atoms with E-state index >= 15 is 0 Å². The first-order valence-corrected chi connectivity index (χ1v) is 12.3. The summed E-state index contributed by atoms with van der Waals surface area (Å²) < 4.78 is 0. The second-order valence-corrected chi connectivity index (χ2v) is 10.0. The van der Waals surface area contributed by atoms with Gasteiger partial charge in [-0.25, -0.2) is 0 Å². The van der Waals surface area contributed by atoms with Crippen LogP contribution in [-0.4, -0.2) is 40.7 Å². The van der Waals surface area contributed by atoms with Crippen LogP contribution in [0.3, 0.4) is 0 Å². The van der Waals surface area contributed by atoms with E-state index in [9.17, 15) is 9.59 Å². The average molecular weight is 465 g/mol. The van der Waals surface area contributed by atoms with Crippen molar-refractivity contribution in [1.29, 1.82) is 0 Å². The van der Waals surface area contributed by atoms with Crippen LogP contribution in [0.4, 0.5) is 0 Å². The maximum absolute atomic E-state index is 13.7. The molecule has 0 radical (unpaired) electrons. The molecule has 2 aromatic carbocycles. The van der Waals surface area contributed by atoms with Gasteiger partial charge in [-0.1, -0.05) is 35.9 Å². The molecule has 164 valence electrons. The fourth-order valence-electron chi connectivity index (χ4n) is 4.56. The molecule has 2 aliphatic rings. The Balaban J connectivity index is 1.43. The van der Waals surface area contributed by atoms with Gasteiger partial charge in [-0.05, 0) is 78.6 Å². The Labute approximate surface area is 197 Å². The fraction of sp³-hybridized carbons (Fsp3) is 0.308. The Morgan fingerprint density at radius 3 is 2.53 bits per heavy atom. The van der Waals surface area contributed by atoms with E-state index in [0.29, 0.717) is 17.1 Å². The topological polar surface area (TPSA) is 40.6 Å². The number of thiophene rings is 1. The zero-order chi connectivity index (χ0) is 22.2. The highest BCUT2D eigenvalue weighted by atomic mass is 35.5. The van der Waals surface area contributed by atoms with Gasteiger partial charge in [0.2, 0.25) is 5.91 Å². The lowest BCUT2D eigenvalue weighted by Crippen LogP contribution is -2.47. The lowest BCUT2D eigenvalue weighted by atomic mass is 9.90. The number of benzene rings is 2. The smallest absolute Gasteiger partial charge is 0.254 e. The highest BCUT2D eigenvalue weighted by molar-refractivity contribution is 7.10. The van der Waals surface area contributed by atoms with Gasteiger partial charge >= 0.3 is 0 Å². The molecule has 1 aromatic heterocycles. The molecular weight excluding hydrogens is 440 g/mol. The third-order valence-corrected chi connectivity index (χ3v) is 7.66. The van der Waals surface area contributed by atoms with Crippen LogP contribution in [0.1, 0.15) is 50.8 Å². The first kappa shape index (κ1) is 21.2. The Kier molecular flexibility index (Phi) is 5.78. The van der Waals surface area contributed by atoms with Gasteiger partial charge in [-0.15, -0.1) is 11.3 Å². The molecule has 5 rings (SSSR count). The van der Waals surface area contributed by atoms with Gasteiger partial charge in [0.1, 0.15) is 6.54 Å². The minimum Gasteiger partial charge on any atom is -0.330 e. The molecule has 3 aromatic rings. The van der Waals surface area contributed by atoms with Crippen LogP contribution in [0.25, 0.3) is 0 Å². The van der Waals surface area contributed by atoms with Crippen molar-refractivity contribution < 1.29 is 9.59 Å². The number of hydrogen-bond donors (Lipinski definition) is 0. The summed E-state index contributed by atoms with van der Waals surface area (Å²) in [5, 5.41) is 2.71. The van der Waals surface area contributed by atoms with Crippen molar-refractivity contribution in [3.8, 4) is 0 Å². The average Bonchev–Trinajstić information content (AvgIpc) is 3.53. The van der Waals surface area contributed by atoms with Crippen molar-refractivity contribution in [1.82, 2.24) is 9.80 Å². The molecule has 0 unspecified atom stereocenters. The van der Waals surface area contributed by atoms with Crippen molar-refractivity contribution in [2.24, 2.45) is 0 Å². The van der Waals surface area contributed by atoms with E-state index in [1.54, 1.807) is 40.5 Å². The molecule has 6 heteroatoms. The van der Waals surface area contributed by atoms with Crippen LogP contribution in [-0.2, 0) is 11.2 Å². The summed E-state index contributed by atoms with van der Waals surface area (Å²) in [6.45, 7) is 2.87. The molecule has 32 heavy (non-hydrogen) atoms. The molecule has 4 nitrogen and oxygen atoms in total. The van der Waals surface area contributed by atoms with Gasteiger partial charge in [0.15, 0.2) is 0 Å². The van der Waals surface area contributed by atoms with E-state index in [2.05, 4.69) is 30.5 Å². The molecular formula is C26H25ClN2O2S. The summed E-state index contributed by atoms with van der Waals surface area (Å²) in [4.78, 5) is 32.0. The highest BCUT2D eigenvalue weighted by Gasteiger charge is 2.38. The Bertz CT molecular complexity index is 1150. The van der Waals surface area contributed by atoms with Crippen LogP contribution < -0.4 is 0 Å². The lowest BCUT2D eigenvalue weighted by molar-refractivity contribution is -0.134. The van der Waals surface area contributed by atoms with Gasteiger partial charge in [-0.2, -0.15) is 0 Å². The van der Waals surface area contributed by atoms with Crippen molar-refractivity contribution in [3.63, 3.8) is 0 Å². The van der Waals surface area contributed by atoms with E-state index < -0.39 is 0 Å². The van der Waals surface area contributed by atoms with Crippen LogP contribution in [0, 0.1) is 6.92 Å². The summed E-state index contributed by atoms with van der Waals surface area (Å²) in [7, 11) is 0. The Morgan fingerprint density at radius 1 is 1.06 bits per heavy atom. The summed E-state index contributed by atoms with van der Waals surface area (Å²) in [6.07, 6.45) is 2.75.